The number of nitrogens with two attached hydrogens (primary N) is 1. The first-order valence-electron chi connectivity index (χ1n) is 16.5. The maximum Gasteiger partial charge on any atom is 0.252 e. The van der Waals surface area contributed by atoms with Crippen LogP contribution in [-0.4, -0.2) is 90.5 Å². The van der Waals surface area contributed by atoms with E-state index in [1.807, 2.05) is 43.4 Å². The van der Waals surface area contributed by atoms with Crippen molar-refractivity contribution in [3.8, 4) is 21.7 Å². The van der Waals surface area contributed by atoms with Crippen LogP contribution in [0.5, 0.6) is 0 Å². The predicted molar refractivity (Wildman–Crippen MR) is 199 cm³/mol. The van der Waals surface area contributed by atoms with Crippen molar-refractivity contribution in [3.63, 3.8) is 0 Å². The summed E-state index contributed by atoms with van der Waals surface area (Å²) in [7, 11) is 3.95. The number of rotatable bonds is 13. The minimum Gasteiger partial charge on any atom is -0.398 e. The lowest BCUT2D eigenvalue weighted by molar-refractivity contribution is -0.156. The van der Waals surface area contributed by atoms with Gasteiger partial charge in [0.1, 0.15) is 16.9 Å². The standard InChI is InChI=1S/C38H41N7O4S/c1-5-6-30(39)29-23-45(37(47)24(29)2)32-14-16-35(46)44(38(32)48)18-20-49-19-17-40-28-12-13-31-33(21-28)50-36(42-31)26-9-7-25(8-10-26)27-11-15-34(41-22-27)43(3)4/h5-13,15,21-22,32,40H,1,14,16-20,23,39H2,2-4H3/b30-6+. The highest BCUT2D eigenvalue weighted by atomic mass is 32.1. The van der Waals surface area contributed by atoms with Gasteiger partial charge in [-0.05, 0) is 55.3 Å². The van der Waals surface area contributed by atoms with Crippen molar-refractivity contribution >= 4 is 50.8 Å². The second-order valence-corrected chi connectivity index (χ2v) is 13.5. The zero-order valence-corrected chi connectivity index (χ0v) is 29.3. The number of benzene rings is 2. The van der Waals surface area contributed by atoms with Crippen LogP contribution in [-0.2, 0) is 19.1 Å². The number of amides is 3. The molecule has 0 spiro atoms. The highest BCUT2D eigenvalue weighted by Gasteiger charge is 2.42. The molecule has 3 amide bonds. The second kappa shape index (κ2) is 15.1. The zero-order chi connectivity index (χ0) is 35.4. The monoisotopic (exact) mass is 691 g/mol. The van der Waals surface area contributed by atoms with E-state index in [1.165, 1.54) is 9.80 Å². The summed E-state index contributed by atoms with van der Waals surface area (Å²) in [5, 5.41) is 4.33. The highest BCUT2D eigenvalue weighted by molar-refractivity contribution is 7.21. The number of nitrogens with one attached hydrogen (secondary N) is 1. The summed E-state index contributed by atoms with van der Waals surface area (Å²) in [6, 6.07) is 17.8. The smallest absolute Gasteiger partial charge is 0.252 e. The Morgan fingerprint density at radius 1 is 1.08 bits per heavy atom. The molecule has 4 heterocycles. The SMILES string of the molecule is C=C/C=C(/N)C1=C(C)C(=O)N(C2CCC(=O)N(CCOCCNc3ccc4nc(-c5ccc(-c6ccc(N(C)C)nc6)cc5)sc4c3)C2=O)C1. The number of anilines is 2. The van der Waals surface area contributed by atoms with Gasteiger partial charge in [-0.25, -0.2) is 9.97 Å². The Morgan fingerprint density at radius 3 is 2.56 bits per heavy atom. The molecule has 1 unspecified atom stereocenters. The maximum atomic E-state index is 13.3. The second-order valence-electron chi connectivity index (χ2n) is 12.4. The van der Waals surface area contributed by atoms with Crippen LogP contribution < -0.4 is 16.0 Å². The van der Waals surface area contributed by atoms with Crippen LogP contribution in [0.3, 0.4) is 0 Å². The van der Waals surface area contributed by atoms with Crippen molar-refractivity contribution in [2.24, 2.45) is 5.73 Å². The van der Waals surface area contributed by atoms with E-state index < -0.39 is 6.04 Å². The Hall–Kier alpha value is -5.33. The third-order valence-electron chi connectivity index (χ3n) is 8.96. The lowest BCUT2D eigenvalue weighted by Gasteiger charge is -2.35. The number of nitrogens with zero attached hydrogens (tertiary/aromatic N) is 5. The number of allylic oxidation sites excluding steroid dienone is 2. The third kappa shape index (κ3) is 7.31. The van der Waals surface area contributed by atoms with Gasteiger partial charge in [-0.15, -0.1) is 11.3 Å². The van der Waals surface area contributed by atoms with Crippen molar-refractivity contribution in [2.75, 3.05) is 57.2 Å². The number of piperidine rings is 1. The van der Waals surface area contributed by atoms with E-state index in [9.17, 15) is 14.4 Å². The van der Waals surface area contributed by atoms with E-state index in [4.69, 9.17) is 15.5 Å². The average Bonchev–Trinajstić information content (AvgIpc) is 3.68. The van der Waals surface area contributed by atoms with E-state index in [-0.39, 0.29) is 43.8 Å². The molecule has 2 aliphatic heterocycles. The Bertz CT molecular complexity index is 1980. The van der Waals surface area contributed by atoms with Crippen molar-refractivity contribution < 1.29 is 19.1 Å². The van der Waals surface area contributed by atoms with E-state index >= 15 is 0 Å². The van der Waals surface area contributed by atoms with Crippen molar-refractivity contribution in [3.05, 3.63) is 96.4 Å². The fourth-order valence-electron chi connectivity index (χ4n) is 6.15. The molecule has 258 valence electrons. The van der Waals surface area contributed by atoms with Gasteiger partial charge in [-0.2, -0.15) is 0 Å². The van der Waals surface area contributed by atoms with Crippen molar-refractivity contribution in [2.45, 2.75) is 25.8 Å². The van der Waals surface area contributed by atoms with Crippen LogP contribution in [0.1, 0.15) is 19.8 Å². The Balaban J connectivity index is 0.977. The van der Waals surface area contributed by atoms with Crippen LogP contribution in [0.2, 0.25) is 0 Å². The molecule has 1 fully saturated rings. The van der Waals surface area contributed by atoms with Crippen molar-refractivity contribution in [1.29, 1.82) is 0 Å². The van der Waals surface area contributed by atoms with Gasteiger partial charge < -0.3 is 25.6 Å². The first-order chi connectivity index (χ1) is 24.1. The molecule has 50 heavy (non-hydrogen) atoms. The van der Waals surface area contributed by atoms with Crippen LogP contribution >= 0.6 is 11.3 Å². The summed E-state index contributed by atoms with van der Waals surface area (Å²) >= 11 is 1.64. The largest absolute Gasteiger partial charge is 0.398 e. The summed E-state index contributed by atoms with van der Waals surface area (Å²) in [5.74, 6) is 0.0502. The van der Waals surface area contributed by atoms with Gasteiger partial charge in [0.2, 0.25) is 5.91 Å². The zero-order valence-electron chi connectivity index (χ0n) is 28.5. The molecular formula is C38H41N7O4S. The molecule has 11 nitrogen and oxygen atoms in total. The average molecular weight is 692 g/mol. The normalized spacial score (nSPS) is 16.9. The van der Waals surface area contributed by atoms with Crippen LogP contribution in [0, 0.1) is 0 Å². The Kier molecular flexibility index (Phi) is 10.4. The number of pyridine rings is 1. The molecule has 0 saturated carbocycles. The molecule has 2 aromatic carbocycles. The number of imide groups is 1. The molecule has 0 aliphatic carbocycles. The predicted octanol–water partition coefficient (Wildman–Crippen LogP) is 5.22. The van der Waals surface area contributed by atoms with Crippen LogP contribution in [0.15, 0.2) is 96.4 Å². The number of aromatic nitrogens is 2. The molecular weight excluding hydrogens is 651 g/mol. The number of fused-ring (bicyclic) bond motifs is 1. The number of hydrogen-bond acceptors (Lipinski definition) is 10. The molecule has 0 radical (unpaired) electrons. The van der Waals surface area contributed by atoms with Gasteiger partial charge in [0.05, 0.1) is 30.0 Å². The summed E-state index contributed by atoms with van der Waals surface area (Å²) in [5.41, 5.74) is 12.9. The van der Waals surface area contributed by atoms with Gasteiger partial charge in [-0.1, -0.05) is 36.9 Å². The molecule has 12 heteroatoms. The van der Waals surface area contributed by atoms with E-state index in [2.05, 4.69) is 53.3 Å². The number of thiazole rings is 1. The maximum absolute atomic E-state index is 13.3. The molecule has 1 atom stereocenters. The molecule has 4 aromatic rings. The first kappa shape index (κ1) is 34.5. The molecule has 6 rings (SSSR count). The first-order valence-corrected chi connectivity index (χ1v) is 17.4. The summed E-state index contributed by atoms with van der Waals surface area (Å²) in [6.45, 7) is 6.85. The summed E-state index contributed by atoms with van der Waals surface area (Å²) < 4.78 is 6.86. The van der Waals surface area contributed by atoms with Gasteiger partial charge in [0.15, 0.2) is 0 Å². The van der Waals surface area contributed by atoms with Crippen LogP contribution in [0.25, 0.3) is 31.9 Å². The topological polar surface area (TPSA) is 134 Å². The minimum absolute atomic E-state index is 0.129. The van der Waals surface area contributed by atoms with E-state index in [1.54, 1.807) is 30.4 Å². The molecule has 2 aromatic heterocycles. The number of hydrogen-bond donors (Lipinski definition) is 2. The fraction of sp³-hybridized carbons (Fsp3) is 0.289. The van der Waals surface area contributed by atoms with Gasteiger partial charge >= 0.3 is 0 Å². The third-order valence-corrected chi connectivity index (χ3v) is 10.0. The number of carbonyl (C=O) groups excluding carboxylic acids is 3. The summed E-state index contributed by atoms with van der Waals surface area (Å²) in [4.78, 5) is 53.1. The summed E-state index contributed by atoms with van der Waals surface area (Å²) in [6.07, 6.45) is 5.57. The number of ether oxygens (including phenoxy) is 1. The lowest BCUT2D eigenvalue weighted by Crippen LogP contribution is -2.56. The molecule has 3 N–H and O–H groups in total. The fourth-order valence-corrected chi connectivity index (χ4v) is 7.16. The number of carbonyl (C=O) groups is 3. The highest BCUT2D eigenvalue weighted by Crippen LogP contribution is 2.33. The lowest BCUT2D eigenvalue weighted by atomic mass is 10.0. The minimum atomic E-state index is -0.712. The van der Waals surface area contributed by atoms with Crippen molar-refractivity contribution in [1.82, 2.24) is 19.8 Å². The van der Waals surface area contributed by atoms with Gasteiger partial charge in [0.25, 0.3) is 11.8 Å². The van der Waals surface area contributed by atoms with E-state index in [0.717, 1.165) is 43.4 Å². The number of likely N-dealkylation sites (tertiary alicyclic amines) is 1. The van der Waals surface area contributed by atoms with Gasteiger partial charge in [0, 0.05) is 73.5 Å². The molecule has 0 bridgehead atoms. The molecule has 1 saturated heterocycles. The van der Waals surface area contributed by atoms with Crippen LogP contribution in [0.4, 0.5) is 11.5 Å². The Morgan fingerprint density at radius 2 is 1.84 bits per heavy atom. The molecule has 2 aliphatic rings. The quantitative estimate of drug-likeness (QED) is 0.110. The van der Waals surface area contributed by atoms with Gasteiger partial charge in [-0.3, -0.25) is 19.3 Å². The Labute approximate surface area is 295 Å². The van der Waals surface area contributed by atoms with E-state index in [0.29, 0.717) is 36.4 Å².